The van der Waals surface area contributed by atoms with Crippen LogP contribution in [-0.4, -0.2) is 17.4 Å². The van der Waals surface area contributed by atoms with Crippen molar-refractivity contribution < 1.29 is 4.79 Å². The van der Waals surface area contributed by atoms with Gasteiger partial charge < -0.3 is 10.6 Å². The largest absolute Gasteiger partial charge is 0.399 e. The van der Waals surface area contributed by atoms with Gasteiger partial charge in [-0.2, -0.15) is 0 Å². The number of fused-ring (bicyclic) bond motifs is 1. The normalized spacial score (nSPS) is 14.4. The van der Waals surface area contributed by atoms with Gasteiger partial charge in [0.1, 0.15) is 0 Å². The number of nitrogen functional groups attached to an aromatic ring is 1. The summed E-state index contributed by atoms with van der Waals surface area (Å²) in [4.78, 5) is 14.6. The molecule has 0 aromatic heterocycles. The van der Waals surface area contributed by atoms with Crippen LogP contribution in [0.2, 0.25) is 0 Å². The maximum Gasteiger partial charge on any atom is 0.254 e. The Balaban J connectivity index is 1.88. The van der Waals surface area contributed by atoms with E-state index < -0.39 is 0 Å². The van der Waals surface area contributed by atoms with Crippen molar-refractivity contribution >= 4 is 27.5 Å². The Morgan fingerprint density at radius 2 is 1.90 bits per heavy atom. The molecular formula is C17H17BrN2O. The van der Waals surface area contributed by atoms with Gasteiger partial charge in [-0.25, -0.2) is 0 Å². The molecule has 1 amide bonds. The van der Waals surface area contributed by atoms with Crippen molar-refractivity contribution in [3.05, 3.63) is 63.6 Å². The van der Waals surface area contributed by atoms with Crippen molar-refractivity contribution in [2.24, 2.45) is 0 Å². The highest BCUT2D eigenvalue weighted by Crippen LogP contribution is 2.22. The summed E-state index contributed by atoms with van der Waals surface area (Å²) >= 11 is 3.40. The molecule has 0 unspecified atom stereocenters. The number of carbonyl (C=O) groups excluding carboxylic acids is 1. The first-order valence-corrected chi connectivity index (χ1v) is 7.85. The molecule has 2 aromatic carbocycles. The third-order valence-electron chi connectivity index (χ3n) is 3.81. The summed E-state index contributed by atoms with van der Waals surface area (Å²) in [6, 6.07) is 13.7. The Morgan fingerprint density at radius 3 is 2.67 bits per heavy atom. The van der Waals surface area contributed by atoms with Crippen LogP contribution in [0.15, 0.2) is 46.9 Å². The van der Waals surface area contributed by atoms with E-state index in [0.29, 0.717) is 17.8 Å². The number of hydrogen-bond acceptors (Lipinski definition) is 2. The topological polar surface area (TPSA) is 46.3 Å². The molecule has 0 atom stereocenters. The number of benzene rings is 2. The smallest absolute Gasteiger partial charge is 0.254 e. The van der Waals surface area contributed by atoms with Gasteiger partial charge in [-0.05, 0) is 42.2 Å². The van der Waals surface area contributed by atoms with E-state index in [2.05, 4.69) is 34.1 Å². The lowest BCUT2D eigenvalue weighted by Crippen LogP contribution is -2.30. The Hall–Kier alpha value is -1.81. The Kier molecular flexibility index (Phi) is 3.97. The predicted molar refractivity (Wildman–Crippen MR) is 88.1 cm³/mol. The number of rotatable bonds is 1. The molecule has 0 fully saturated rings. The minimum atomic E-state index is 0.0414. The summed E-state index contributed by atoms with van der Waals surface area (Å²) in [5.41, 5.74) is 9.66. The summed E-state index contributed by atoms with van der Waals surface area (Å²) in [6.45, 7) is 1.45. The molecule has 4 heteroatoms. The van der Waals surface area contributed by atoms with Crippen LogP contribution >= 0.6 is 15.9 Å². The third-order valence-corrected chi connectivity index (χ3v) is 4.27. The van der Waals surface area contributed by atoms with E-state index >= 15 is 0 Å². The second kappa shape index (κ2) is 5.90. The SMILES string of the molecule is Nc1cc(Br)cc(C(=O)N2CCCc3ccccc3C2)c1. The van der Waals surface area contributed by atoms with Crippen LogP contribution in [0.3, 0.4) is 0 Å². The van der Waals surface area contributed by atoms with E-state index in [9.17, 15) is 4.79 Å². The first-order chi connectivity index (χ1) is 10.1. The molecule has 108 valence electrons. The number of nitrogens with zero attached hydrogens (tertiary/aromatic N) is 1. The molecule has 21 heavy (non-hydrogen) atoms. The average molecular weight is 345 g/mol. The summed E-state index contributed by atoms with van der Waals surface area (Å²) in [5, 5.41) is 0. The van der Waals surface area contributed by atoms with Crippen molar-refractivity contribution in [2.45, 2.75) is 19.4 Å². The molecule has 1 heterocycles. The zero-order chi connectivity index (χ0) is 14.8. The summed E-state index contributed by atoms with van der Waals surface area (Å²) in [6.07, 6.45) is 2.02. The van der Waals surface area contributed by atoms with Gasteiger partial charge in [-0.3, -0.25) is 4.79 Å². The first kappa shape index (κ1) is 14.1. The minimum Gasteiger partial charge on any atom is -0.399 e. The lowest BCUT2D eigenvalue weighted by Gasteiger charge is -2.21. The van der Waals surface area contributed by atoms with E-state index in [1.165, 1.54) is 11.1 Å². The van der Waals surface area contributed by atoms with Crippen molar-refractivity contribution in [2.75, 3.05) is 12.3 Å². The van der Waals surface area contributed by atoms with Gasteiger partial charge in [0.25, 0.3) is 5.91 Å². The van der Waals surface area contributed by atoms with Gasteiger partial charge in [0.2, 0.25) is 0 Å². The van der Waals surface area contributed by atoms with Gasteiger partial charge in [-0.1, -0.05) is 40.2 Å². The molecular weight excluding hydrogens is 328 g/mol. The van der Waals surface area contributed by atoms with Crippen LogP contribution in [0, 0.1) is 0 Å². The molecule has 0 saturated carbocycles. The molecule has 1 aliphatic heterocycles. The van der Waals surface area contributed by atoms with Crippen LogP contribution in [0.4, 0.5) is 5.69 Å². The fourth-order valence-electron chi connectivity index (χ4n) is 2.79. The van der Waals surface area contributed by atoms with Crippen LogP contribution < -0.4 is 5.73 Å². The fourth-order valence-corrected chi connectivity index (χ4v) is 3.30. The Morgan fingerprint density at radius 1 is 1.14 bits per heavy atom. The molecule has 3 rings (SSSR count). The Labute approximate surface area is 132 Å². The van der Waals surface area contributed by atoms with E-state index in [0.717, 1.165) is 23.9 Å². The number of anilines is 1. The van der Waals surface area contributed by atoms with Gasteiger partial charge >= 0.3 is 0 Å². The van der Waals surface area contributed by atoms with Crippen molar-refractivity contribution in [1.82, 2.24) is 4.90 Å². The van der Waals surface area contributed by atoms with Crippen LogP contribution in [-0.2, 0) is 13.0 Å². The summed E-state index contributed by atoms with van der Waals surface area (Å²) < 4.78 is 0.834. The molecule has 2 N–H and O–H groups in total. The highest BCUT2D eigenvalue weighted by Gasteiger charge is 2.20. The molecule has 3 nitrogen and oxygen atoms in total. The van der Waals surface area contributed by atoms with Gasteiger partial charge in [0, 0.05) is 28.8 Å². The Bertz CT molecular complexity index is 664. The highest BCUT2D eigenvalue weighted by atomic mass is 79.9. The fraction of sp³-hybridized carbons (Fsp3) is 0.235. The van der Waals surface area contributed by atoms with Crippen molar-refractivity contribution in [3.8, 4) is 0 Å². The molecule has 0 bridgehead atoms. The number of aryl methyl sites for hydroxylation is 1. The quantitative estimate of drug-likeness (QED) is 0.803. The predicted octanol–water partition coefficient (Wildman–Crippen LogP) is 3.62. The number of halogens is 1. The van der Waals surface area contributed by atoms with Gasteiger partial charge in [-0.15, -0.1) is 0 Å². The summed E-state index contributed by atoms with van der Waals surface area (Å²) in [7, 11) is 0. The second-order valence-corrected chi connectivity index (χ2v) is 6.29. The second-order valence-electron chi connectivity index (χ2n) is 5.37. The zero-order valence-electron chi connectivity index (χ0n) is 11.7. The molecule has 0 radical (unpaired) electrons. The molecule has 0 aliphatic carbocycles. The van der Waals surface area contributed by atoms with E-state index in [-0.39, 0.29) is 5.91 Å². The third kappa shape index (κ3) is 3.10. The number of hydrogen-bond donors (Lipinski definition) is 1. The lowest BCUT2D eigenvalue weighted by atomic mass is 10.0. The van der Waals surface area contributed by atoms with E-state index in [4.69, 9.17) is 5.73 Å². The van der Waals surface area contributed by atoms with Gasteiger partial charge in [0.15, 0.2) is 0 Å². The average Bonchev–Trinajstić information content (AvgIpc) is 2.67. The van der Waals surface area contributed by atoms with E-state index in [1.54, 1.807) is 12.1 Å². The highest BCUT2D eigenvalue weighted by molar-refractivity contribution is 9.10. The number of amides is 1. The maximum atomic E-state index is 12.7. The lowest BCUT2D eigenvalue weighted by molar-refractivity contribution is 0.0746. The first-order valence-electron chi connectivity index (χ1n) is 7.05. The standard InChI is InChI=1S/C17H17BrN2O/c18-15-8-14(9-16(19)10-15)17(21)20-7-3-6-12-4-1-2-5-13(12)11-20/h1-2,4-5,8-10H,3,6-7,11,19H2. The van der Waals surface area contributed by atoms with Crippen LogP contribution in [0.25, 0.3) is 0 Å². The van der Waals surface area contributed by atoms with E-state index in [1.807, 2.05) is 17.0 Å². The number of carbonyl (C=O) groups is 1. The summed E-state index contributed by atoms with van der Waals surface area (Å²) in [5.74, 6) is 0.0414. The number of nitrogens with two attached hydrogens (primary N) is 1. The van der Waals surface area contributed by atoms with Gasteiger partial charge in [0.05, 0.1) is 0 Å². The van der Waals surface area contributed by atoms with Crippen molar-refractivity contribution in [1.29, 1.82) is 0 Å². The van der Waals surface area contributed by atoms with Crippen molar-refractivity contribution in [3.63, 3.8) is 0 Å². The zero-order valence-corrected chi connectivity index (χ0v) is 13.3. The molecule has 1 aliphatic rings. The molecule has 2 aromatic rings. The van der Waals surface area contributed by atoms with Crippen LogP contribution in [0.5, 0.6) is 0 Å². The minimum absolute atomic E-state index is 0.0414. The molecule has 0 saturated heterocycles. The van der Waals surface area contributed by atoms with Crippen LogP contribution in [0.1, 0.15) is 27.9 Å². The monoisotopic (exact) mass is 344 g/mol. The maximum absolute atomic E-state index is 12.7. The molecule has 0 spiro atoms.